The first-order valence-electron chi connectivity index (χ1n) is 11.0. The van der Waals surface area contributed by atoms with E-state index in [0.717, 1.165) is 28.3 Å². The Kier molecular flexibility index (Phi) is 5.34. The molecule has 2 aromatic rings. The van der Waals surface area contributed by atoms with Crippen molar-refractivity contribution >= 4 is 28.6 Å². The lowest BCUT2D eigenvalue weighted by molar-refractivity contribution is -0.134. The van der Waals surface area contributed by atoms with E-state index in [4.69, 9.17) is 0 Å². The molecular weight excluding hydrogens is 406 g/mol. The molecule has 0 radical (unpaired) electrons. The van der Waals surface area contributed by atoms with Gasteiger partial charge in [0.1, 0.15) is 6.04 Å². The number of H-pyrrole nitrogens is 1. The van der Waals surface area contributed by atoms with Crippen LogP contribution >= 0.6 is 0 Å². The lowest BCUT2D eigenvalue weighted by atomic mass is 9.85. The first-order valence-corrected chi connectivity index (χ1v) is 11.0. The van der Waals surface area contributed by atoms with Crippen molar-refractivity contribution in [3.05, 3.63) is 70.5 Å². The van der Waals surface area contributed by atoms with Gasteiger partial charge in [0.2, 0.25) is 5.91 Å². The van der Waals surface area contributed by atoms with Crippen LogP contribution in [0.25, 0.3) is 5.57 Å². The third-order valence-electron chi connectivity index (χ3n) is 6.36. The fraction of sp³-hybridized carbons (Fsp3) is 0.333. The second-order valence-electron chi connectivity index (χ2n) is 8.48. The number of ketones is 1. The van der Waals surface area contributed by atoms with Crippen LogP contribution in [-0.2, 0) is 11.2 Å². The van der Waals surface area contributed by atoms with Gasteiger partial charge >= 0.3 is 0 Å². The largest absolute Gasteiger partial charge is 0.387 e. The molecule has 1 fully saturated rings. The van der Waals surface area contributed by atoms with Crippen LogP contribution in [-0.4, -0.2) is 47.3 Å². The summed E-state index contributed by atoms with van der Waals surface area (Å²) < 4.78 is 0. The first kappa shape index (κ1) is 20.2. The first-order chi connectivity index (χ1) is 15.6. The minimum atomic E-state index is -0.422. The molecule has 3 N–H and O–H groups in total. The minimum Gasteiger partial charge on any atom is -0.387 e. The van der Waals surface area contributed by atoms with Crippen LogP contribution in [0.2, 0.25) is 0 Å². The number of nitrogens with one attached hydrogen (secondary N) is 3. The summed E-state index contributed by atoms with van der Waals surface area (Å²) >= 11 is 0. The summed E-state index contributed by atoms with van der Waals surface area (Å²) in [6, 6.07) is 9.41. The SMILES string of the molecule is O=N[C@H]1CCN(C(=O)C2CC(=O)c3c([nH]c(C4=CCNC=C4)c3Nc3ccccc3)C2)C1. The summed E-state index contributed by atoms with van der Waals surface area (Å²) in [5.41, 5.74) is 4.91. The van der Waals surface area contributed by atoms with Crippen molar-refractivity contribution in [3.63, 3.8) is 0 Å². The third-order valence-corrected chi connectivity index (χ3v) is 6.36. The van der Waals surface area contributed by atoms with Crippen LogP contribution in [0, 0.1) is 10.8 Å². The Balaban J connectivity index is 1.48. The van der Waals surface area contributed by atoms with Crippen molar-refractivity contribution in [2.45, 2.75) is 25.3 Å². The topological polar surface area (TPSA) is 107 Å². The van der Waals surface area contributed by atoms with Gasteiger partial charge in [0, 0.05) is 43.9 Å². The third kappa shape index (κ3) is 3.72. The quantitative estimate of drug-likeness (QED) is 0.630. The number of para-hydroxylation sites is 1. The fourth-order valence-corrected chi connectivity index (χ4v) is 4.76. The molecule has 1 aromatic carbocycles. The summed E-state index contributed by atoms with van der Waals surface area (Å²) in [7, 11) is 0. The van der Waals surface area contributed by atoms with Gasteiger partial charge in [0.25, 0.3) is 0 Å². The van der Waals surface area contributed by atoms with Crippen molar-refractivity contribution in [1.82, 2.24) is 15.2 Å². The van der Waals surface area contributed by atoms with Crippen LogP contribution in [0.5, 0.6) is 0 Å². The van der Waals surface area contributed by atoms with Crippen LogP contribution in [0.15, 0.2) is 53.9 Å². The Hall–Kier alpha value is -3.68. The van der Waals surface area contributed by atoms with E-state index in [0.29, 0.717) is 38.0 Å². The highest BCUT2D eigenvalue weighted by molar-refractivity contribution is 6.08. The number of aromatic amines is 1. The Labute approximate surface area is 185 Å². The molecule has 2 aliphatic heterocycles. The van der Waals surface area contributed by atoms with Gasteiger partial charge in [-0.15, -0.1) is 0 Å². The monoisotopic (exact) mass is 431 g/mol. The lowest BCUT2D eigenvalue weighted by Crippen LogP contribution is -2.38. The average Bonchev–Trinajstić information content (AvgIpc) is 3.45. The van der Waals surface area contributed by atoms with Gasteiger partial charge in [-0.1, -0.05) is 29.5 Å². The predicted molar refractivity (Wildman–Crippen MR) is 123 cm³/mol. The molecule has 8 heteroatoms. The Bertz CT molecular complexity index is 1120. The summed E-state index contributed by atoms with van der Waals surface area (Å²) in [5.74, 6) is -0.535. The van der Waals surface area contributed by atoms with Crippen molar-refractivity contribution in [3.8, 4) is 0 Å². The minimum absolute atomic E-state index is 0.0479. The van der Waals surface area contributed by atoms with Crippen molar-refractivity contribution in [2.75, 3.05) is 25.0 Å². The molecule has 5 rings (SSSR count). The van der Waals surface area contributed by atoms with Crippen molar-refractivity contribution in [2.24, 2.45) is 11.1 Å². The number of fused-ring (bicyclic) bond motifs is 1. The maximum absolute atomic E-state index is 13.3. The van der Waals surface area contributed by atoms with Gasteiger partial charge in [0.15, 0.2) is 5.78 Å². The van der Waals surface area contributed by atoms with E-state index in [-0.39, 0.29) is 24.2 Å². The van der Waals surface area contributed by atoms with E-state index in [1.165, 1.54) is 0 Å². The maximum Gasteiger partial charge on any atom is 0.226 e. The van der Waals surface area contributed by atoms with Crippen LogP contribution in [0.1, 0.15) is 34.6 Å². The molecule has 1 amide bonds. The number of hydrogen-bond donors (Lipinski definition) is 3. The van der Waals surface area contributed by atoms with Crippen LogP contribution < -0.4 is 10.6 Å². The van der Waals surface area contributed by atoms with E-state index in [9.17, 15) is 14.5 Å². The number of benzene rings is 1. The van der Waals surface area contributed by atoms with E-state index in [2.05, 4.69) is 26.9 Å². The average molecular weight is 431 g/mol. The maximum atomic E-state index is 13.3. The summed E-state index contributed by atoms with van der Waals surface area (Å²) in [6.07, 6.45) is 7.15. The Morgan fingerprint density at radius 2 is 2.03 bits per heavy atom. The Morgan fingerprint density at radius 3 is 2.75 bits per heavy atom. The molecule has 2 atom stereocenters. The predicted octanol–water partition coefficient (Wildman–Crippen LogP) is 3.37. The molecule has 3 aliphatic rings. The summed E-state index contributed by atoms with van der Waals surface area (Å²) in [6.45, 7) is 1.58. The molecule has 8 nitrogen and oxygen atoms in total. The number of likely N-dealkylation sites (tertiary alicyclic amines) is 1. The lowest BCUT2D eigenvalue weighted by Gasteiger charge is -2.26. The number of nitrogens with zero attached hydrogens (tertiary/aromatic N) is 2. The molecule has 0 bridgehead atoms. The van der Waals surface area contributed by atoms with Gasteiger partial charge in [-0.3, -0.25) is 9.59 Å². The number of Topliss-reactive ketones (excluding diaryl/α,β-unsaturated/α-hetero) is 1. The van der Waals surface area contributed by atoms with E-state index in [1.807, 2.05) is 42.6 Å². The number of dihydropyridines is 1. The van der Waals surface area contributed by atoms with Gasteiger partial charge in [-0.25, -0.2) is 0 Å². The number of hydrogen-bond acceptors (Lipinski definition) is 6. The Morgan fingerprint density at radius 1 is 1.19 bits per heavy atom. The van der Waals surface area contributed by atoms with E-state index >= 15 is 0 Å². The normalized spacial score (nSPS) is 22.2. The molecule has 0 saturated carbocycles. The van der Waals surface area contributed by atoms with Crippen molar-refractivity contribution < 1.29 is 9.59 Å². The number of rotatable bonds is 5. The molecule has 1 unspecified atom stereocenters. The molecule has 164 valence electrons. The zero-order valence-corrected chi connectivity index (χ0v) is 17.6. The van der Waals surface area contributed by atoms with Gasteiger partial charge < -0.3 is 20.5 Å². The summed E-state index contributed by atoms with van der Waals surface area (Å²) in [4.78, 5) is 42.3. The highest BCUT2D eigenvalue weighted by atomic mass is 16.3. The number of anilines is 2. The molecule has 1 saturated heterocycles. The second-order valence-corrected chi connectivity index (χ2v) is 8.48. The number of nitroso groups, excluding NO2 is 1. The number of amides is 1. The number of carbonyl (C=O) groups is 2. The van der Waals surface area contributed by atoms with E-state index in [1.54, 1.807) is 4.90 Å². The highest BCUT2D eigenvalue weighted by Gasteiger charge is 2.38. The smallest absolute Gasteiger partial charge is 0.226 e. The van der Waals surface area contributed by atoms with Crippen molar-refractivity contribution in [1.29, 1.82) is 0 Å². The number of carbonyl (C=O) groups excluding carboxylic acids is 2. The van der Waals surface area contributed by atoms with Gasteiger partial charge in [-0.2, -0.15) is 4.91 Å². The zero-order valence-electron chi connectivity index (χ0n) is 17.6. The molecule has 0 spiro atoms. The van der Waals surface area contributed by atoms with Gasteiger partial charge in [0.05, 0.1) is 22.9 Å². The zero-order chi connectivity index (χ0) is 22.1. The number of aromatic nitrogens is 1. The van der Waals surface area contributed by atoms with Crippen LogP contribution in [0.3, 0.4) is 0 Å². The molecule has 1 aromatic heterocycles. The standard InChI is InChI=1S/C24H25N5O3/c30-20-13-16(24(31)29-11-8-18(14-29)28-32)12-19-21(20)23(26-17-4-2-1-3-5-17)22(27-19)15-6-9-25-10-7-15/h1-7,9,16,18,25-27H,8,10-14H2/t16?,18-/m0/s1. The highest BCUT2D eigenvalue weighted by Crippen LogP contribution is 2.39. The molecule has 3 heterocycles. The molecule has 1 aliphatic carbocycles. The van der Waals surface area contributed by atoms with Gasteiger partial charge in [-0.05, 0) is 36.4 Å². The molecule has 32 heavy (non-hydrogen) atoms. The second kappa shape index (κ2) is 8.45. The summed E-state index contributed by atoms with van der Waals surface area (Å²) in [5, 5.41) is 9.66. The fourth-order valence-electron chi connectivity index (χ4n) is 4.76. The number of allylic oxidation sites excluding steroid dienone is 2. The van der Waals surface area contributed by atoms with E-state index < -0.39 is 5.92 Å². The van der Waals surface area contributed by atoms with Crippen LogP contribution in [0.4, 0.5) is 11.4 Å². The molecular formula is C24H25N5O3.